The first kappa shape index (κ1) is 109. The van der Waals surface area contributed by atoms with Gasteiger partial charge in [0, 0.05) is 25.7 Å². The maximum absolute atomic E-state index is 14.9. The smallest absolute Gasteiger partial charge is 0.463 e. The van der Waals surface area contributed by atoms with Crippen molar-refractivity contribution in [3.05, 3.63) is 0 Å². The van der Waals surface area contributed by atoms with Gasteiger partial charge in [-0.1, -0.05) is 374 Å². The van der Waals surface area contributed by atoms with E-state index in [9.17, 15) is 74.6 Å². The van der Waals surface area contributed by atoms with Crippen molar-refractivity contribution in [1.29, 1.82) is 0 Å². The first-order valence-corrected chi connectivity index (χ1v) is 49.3. The van der Waals surface area contributed by atoms with Gasteiger partial charge in [-0.3, -0.25) is 28.2 Å². The summed E-state index contributed by atoms with van der Waals surface area (Å²) in [7, 11) is -5.80. The SMILES string of the molecule is CCCCCCCCCCCCCCCCCC(=O)OCC(COP(=O)(O)OC1C(OC2OC(CO)C(O)C(O)C2O)C(O)C(O)C(OC(=O)CCCCCCCCCCCCCCCCC)C1OC1OC(COC(=O)CCCCCCCCCCCCCCCCC)C(O)C(O)C1O)OC(=O)CCCCCCCCCCCCCCC. The molecule has 117 heavy (non-hydrogen) atoms. The summed E-state index contributed by atoms with van der Waals surface area (Å²) in [4.78, 5) is 66.5. The second-order valence-electron chi connectivity index (χ2n) is 34.3. The van der Waals surface area contributed by atoms with Crippen LogP contribution in [0.3, 0.4) is 0 Å². The average molecular weight is 1700 g/mol. The van der Waals surface area contributed by atoms with Crippen LogP contribution in [0.15, 0.2) is 0 Å². The predicted molar refractivity (Wildman–Crippen MR) is 453 cm³/mol. The minimum Gasteiger partial charge on any atom is -0.463 e. The summed E-state index contributed by atoms with van der Waals surface area (Å²) in [5, 5.41) is 102. The summed E-state index contributed by atoms with van der Waals surface area (Å²) in [5.74, 6) is -2.94. The fourth-order valence-corrected chi connectivity index (χ4v) is 17.0. The topological polar surface area (TPSA) is 380 Å². The summed E-state index contributed by atoms with van der Waals surface area (Å²) in [6, 6.07) is 0. The lowest BCUT2D eigenvalue weighted by Gasteiger charge is -2.50. The fraction of sp³-hybridized carbons (Fsp3) is 0.956. The molecule has 0 aromatic heterocycles. The highest BCUT2D eigenvalue weighted by atomic mass is 31.2. The van der Waals surface area contributed by atoms with Gasteiger partial charge in [0.1, 0.15) is 92.6 Å². The highest BCUT2D eigenvalue weighted by Crippen LogP contribution is 2.49. The summed E-state index contributed by atoms with van der Waals surface area (Å²) in [6.07, 6.45) is 28.0. The molecule has 10 N–H and O–H groups in total. The molecular formula is C91H171O25P. The van der Waals surface area contributed by atoms with Crippen molar-refractivity contribution < 1.29 is 122 Å². The van der Waals surface area contributed by atoms with Crippen LogP contribution in [0.2, 0.25) is 0 Å². The first-order valence-electron chi connectivity index (χ1n) is 47.8. The highest BCUT2D eigenvalue weighted by molar-refractivity contribution is 7.47. The third-order valence-electron chi connectivity index (χ3n) is 23.6. The summed E-state index contributed by atoms with van der Waals surface area (Å²) in [5.41, 5.74) is 0. The van der Waals surface area contributed by atoms with Gasteiger partial charge in [-0.05, 0) is 25.7 Å². The van der Waals surface area contributed by atoms with Gasteiger partial charge in [0.15, 0.2) is 24.8 Å². The van der Waals surface area contributed by atoms with Gasteiger partial charge < -0.3 is 88.7 Å². The van der Waals surface area contributed by atoms with Crippen molar-refractivity contribution in [2.75, 3.05) is 26.4 Å². The van der Waals surface area contributed by atoms with Gasteiger partial charge in [0.2, 0.25) is 0 Å². The molecule has 1 aliphatic carbocycles. The molecule has 0 aromatic rings. The van der Waals surface area contributed by atoms with E-state index in [0.717, 1.165) is 128 Å². The third-order valence-corrected chi connectivity index (χ3v) is 24.6. The van der Waals surface area contributed by atoms with E-state index in [1.807, 2.05) is 0 Å². The van der Waals surface area contributed by atoms with Crippen LogP contribution in [0.4, 0.5) is 0 Å². The van der Waals surface area contributed by atoms with E-state index in [1.165, 1.54) is 212 Å². The van der Waals surface area contributed by atoms with E-state index in [1.54, 1.807) is 0 Å². The zero-order valence-corrected chi connectivity index (χ0v) is 74.4. The number of aliphatic hydroxyl groups excluding tert-OH is 9. The second kappa shape index (κ2) is 70.7. The van der Waals surface area contributed by atoms with Crippen LogP contribution in [0.5, 0.6) is 0 Å². The number of phosphoric acid groups is 1. The van der Waals surface area contributed by atoms with Crippen molar-refractivity contribution in [2.45, 2.75) is 530 Å². The molecule has 0 bridgehead atoms. The number of esters is 4. The van der Waals surface area contributed by atoms with Gasteiger partial charge in [-0.2, -0.15) is 0 Å². The number of hydrogen-bond acceptors (Lipinski definition) is 24. The lowest BCUT2D eigenvalue weighted by atomic mass is 9.84. The van der Waals surface area contributed by atoms with E-state index >= 15 is 0 Å². The van der Waals surface area contributed by atoms with Gasteiger partial charge in [0.25, 0.3) is 0 Å². The monoisotopic (exact) mass is 1700 g/mol. The van der Waals surface area contributed by atoms with Crippen LogP contribution in [-0.4, -0.2) is 205 Å². The second-order valence-corrected chi connectivity index (χ2v) is 35.7. The quantitative estimate of drug-likeness (QED) is 0.0117. The maximum atomic E-state index is 14.9. The molecule has 3 rings (SSSR count). The van der Waals surface area contributed by atoms with Gasteiger partial charge >= 0.3 is 31.7 Å². The number of hydrogen-bond donors (Lipinski definition) is 10. The number of carbonyl (C=O) groups is 4. The van der Waals surface area contributed by atoms with Crippen LogP contribution in [0.1, 0.15) is 426 Å². The third kappa shape index (κ3) is 50.9. The Morgan fingerprint density at radius 3 is 0.932 bits per heavy atom. The van der Waals surface area contributed by atoms with Crippen molar-refractivity contribution in [2.24, 2.45) is 0 Å². The number of carbonyl (C=O) groups excluding carboxylic acids is 4. The number of rotatable bonds is 78. The standard InChI is InChI=1S/C91H171O25P/c1-5-9-13-17-21-25-29-33-36-40-43-47-51-55-59-63-74(93)107-68-71(110-76(95)65-61-57-53-49-45-39-32-28-24-20-16-12-8-4)69-109-117(105,106)116-89-87(114-90-84(103)80(99)78(97)72(67-92)111-90)83(102)82(101)86(113-77(96)66-62-58-54-50-46-42-38-35-31-27-23-19-15-11-7-3)88(89)115-91-85(104)81(100)79(98)73(112-91)70-108-75(94)64-60-56-52-48-44-41-37-34-30-26-22-18-14-10-6-2/h71-73,78-92,97-104H,5-70H2,1-4H3,(H,105,106). The Kier molecular flexibility index (Phi) is 65.7. The number of aliphatic hydroxyl groups is 9. The Labute approximate surface area is 706 Å². The van der Waals surface area contributed by atoms with Crippen LogP contribution < -0.4 is 0 Å². The molecule has 0 amide bonds. The van der Waals surface area contributed by atoms with Crippen molar-refractivity contribution in [3.8, 4) is 0 Å². The molecule has 18 unspecified atom stereocenters. The summed E-state index contributed by atoms with van der Waals surface area (Å²) >= 11 is 0. The van der Waals surface area contributed by atoms with Crippen molar-refractivity contribution >= 4 is 31.7 Å². The first-order chi connectivity index (χ1) is 56.7. The normalized spacial score (nSPS) is 25.0. The predicted octanol–water partition coefficient (Wildman–Crippen LogP) is 17.8. The number of unbranched alkanes of at least 4 members (excludes halogenated alkanes) is 54. The minimum absolute atomic E-state index is 0.0203. The van der Waals surface area contributed by atoms with Gasteiger partial charge in [0.05, 0.1) is 13.2 Å². The van der Waals surface area contributed by atoms with Crippen LogP contribution in [0, 0.1) is 0 Å². The Hall–Kier alpha value is -2.53. The largest absolute Gasteiger partial charge is 0.472 e. The highest BCUT2D eigenvalue weighted by Gasteiger charge is 2.60. The molecule has 2 saturated heterocycles. The molecular weight excluding hydrogens is 1520 g/mol. The Morgan fingerprint density at radius 2 is 0.590 bits per heavy atom. The zero-order valence-electron chi connectivity index (χ0n) is 73.5. The van der Waals surface area contributed by atoms with E-state index < -0.39 is 162 Å². The molecule has 0 aromatic carbocycles. The average Bonchev–Trinajstić information content (AvgIpc) is 0.754. The molecule has 0 radical (unpaired) electrons. The molecule has 26 heteroatoms. The van der Waals surface area contributed by atoms with Crippen LogP contribution in [0.25, 0.3) is 0 Å². The molecule has 2 heterocycles. The molecule has 1 saturated carbocycles. The molecule has 25 nitrogen and oxygen atoms in total. The Bertz CT molecular complexity index is 2430. The van der Waals surface area contributed by atoms with E-state index in [2.05, 4.69) is 27.7 Å². The Morgan fingerprint density at radius 1 is 0.308 bits per heavy atom. The molecule has 3 fully saturated rings. The molecule has 690 valence electrons. The van der Waals surface area contributed by atoms with Crippen LogP contribution in [-0.2, 0) is 70.7 Å². The number of ether oxygens (including phenoxy) is 8. The number of phosphoric ester groups is 1. The molecule has 0 spiro atoms. The lowest BCUT2D eigenvalue weighted by Crippen LogP contribution is -2.70. The lowest BCUT2D eigenvalue weighted by molar-refractivity contribution is -0.360. The van der Waals surface area contributed by atoms with E-state index in [4.69, 9.17) is 46.9 Å². The van der Waals surface area contributed by atoms with Gasteiger partial charge in [-0.15, -0.1) is 0 Å². The van der Waals surface area contributed by atoms with Crippen molar-refractivity contribution in [3.63, 3.8) is 0 Å². The summed E-state index contributed by atoms with van der Waals surface area (Å²) in [6.45, 7) is 5.64. The zero-order chi connectivity index (χ0) is 85.4. The Balaban J connectivity index is 1.91. The van der Waals surface area contributed by atoms with Gasteiger partial charge in [-0.25, -0.2) is 4.57 Å². The summed E-state index contributed by atoms with van der Waals surface area (Å²) < 4.78 is 73.5. The van der Waals surface area contributed by atoms with E-state index in [0.29, 0.717) is 32.1 Å². The van der Waals surface area contributed by atoms with Crippen molar-refractivity contribution in [1.82, 2.24) is 0 Å². The van der Waals surface area contributed by atoms with Crippen LogP contribution >= 0.6 is 7.82 Å². The maximum Gasteiger partial charge on any atom is 0.472 e. The fourth-order valence-electron chi connectivity index (χ4n) is 16.0. The minimum atomic E-state index is -5.80. The molecule has 18 atom stereocenters. The molecule has 3 aliphatic rings. The molecule has 2 aliphatic heterocycles. The van der Waals surface area contributed by atoms with E-state index in [-0.39, 0.29) is 25.7 Å².